The summed E-state index contributed by atoms with van der Waals surface area (Å²) in [5, 5.41) is 0. The highest BCUT2D eigenvalue weighted by molar-refractivity contribution is 6.02. The molecule has 4 nitrogen and oxygen atoms in total. The van der Waals surface area contributed by atoms with Gasteiger partial charge in [0.1, 0.15) is 5.60 Å². The summed E-state index contributed by atoms with van der Waals surface area (Å²) in [6.45, 7) is 11.5. The summed E-state index contributed by atoms with van der Waals surface area (Å²) < 4.78 is 10.8. The molecule has 0 aromatic rings. The first-order valence-corrected chi connectivity index (χ1v) is 7.46. The fourth-order valence-corrected chi connectivity index (χ4v) is 3.99. The van der Waals surface area contributed by atoms with Gasteiger partial charge in [0.15, 0.2) is 5.41 Å². The summed E-state index contributed by atoms with van der Waals surface area (Å²) in [5.74, 6) is -1.06. The molecular formula is C17H24O4. The van der Waals surface area contributed by atoms with Gasteiger partial charge in [-0.15, -0.1) is 13.2 Å². The summed E-state index contributed by atoms with van der Waals surface area (Å²) in [4.78, 5) is 25.0. The van der Waals surface area contributed by atoms with Gasteiger partial charge < -0.3 is 9.47 Å². The largest absolute Gasteiger partial charge is 0.468 e. The van der Waals surface area contributed by atoms with Crippen molar-refractivity contribution in [3.05, 3.63) is 25.3 Å². The SMILES string of the molecule is C=C[C@@H]1CC[C@H](C=C)C12C[C@](C(=O)OC)(C(C)C)C(=O)O2. The van der Waals surface area contributed by atoms with Gasteiger partial charge in [0, 0.05) is 18.3 Å². The molecule has 1 unspecified atom stereocenters. The van der Waals surface area contributed by atoms with E-state index in [2.05, 4.69) is 13.2 Å². The summed E-state index contributed by atoms with van der Waals surface area (Å²) in [7, 11) is 1.31. The zero-order chi connectivity index (χ0) is 15.8. The first-order chi connectivity index (χ1) is 9.88. The average molecular weight is 292 g/mol. The van der Waals surface area contributed by atoms with Crippen molar-refractivity contribution in [2.75, 3.05) is 7.11 Å². The van der Waals surface area contributed by atoms with Gasteiger partial charge >= 0.3 is 11.9 Å². The van der Waals surface area contributed by atoms with Crippen molar-refractivity contribution in [2.24, 2.45) is 23.2 Å². The third-order valence-electron chi connectivity index (χ3n) is 5.35. The first kappa shape index (κ1) is 15.8. The Kier molecular flexibility index (Phi) is 4.00. The Hall–Kier alpha value is -1.58. The van der Waals surface area contributed by atoms with Crippen LogP contribution in [-0.2, 0) is 19.1 Å². The van der Waals surface area contributed by atoms with Crippen LogP contribution in [0.1, 0.15) is 33.1 Å². The lowest BCUT2D eigenvalue weighted by atomic mass is 9.68. The van der Waals surface area contributed by atoms with Crippen LogP contribution >= 0.6 is 0 Å². The quantitative estimate of drug-likeness (QED) is 0.454. The summed E-state index contributed by atoms with van der Waals surface area (Å²) in [6.07, 6.45) is 5.80. The molecule has 1 saturated carbocycles. The molecule has 2 rings (SSSR count). The van der Waals surface area contributed by atoms with Gasteiger partial charge in [0.05, 0.1) is 7.11 Å². The highest BCUT2D eigenvalue weighted by atomic mass is 16.6. The molecule has 1 aliphatic carbocycles. The van der Waals surface area contributed by atoms with Gasteiger partial charge in [-0.1, -0.05) is 26.0 Å². The third-order valence-corrected chi connectivity index (χ3v) is 5.35. The number of hydrogen-bond acceptors (Lipinski definition) is 4. The van der Waals surface area contributed by atoms with Crippen molar-refractivity contribution in [1.82, 2.24) is 0 Å². The van der Waals surface area contributed by atoms with E-state index in [-0.39, 0.29) is 17.8 Å². The Morgan fingerprint density at radius 1 is 1.33 bits per heavy atom. The Balaban J connectivity index is 2.51. The van der Waals surface area contributed by atoms with Gasteiger partial charge in [-0.25, -0.2) is 0 Å². The normalized spacial score (nSPS) is 38.6. The molecule has 0 aromatic carbocycles. The minimum absolute atomic E-state index is 0.0507. The van der Waals surface area contributed by atoms with Crippen molar-refractivity contribution >= 4 is 11.9 Å². The lowest BCUT2D eigenvalue weighted by molar-refractivity contribution is -0.168. The van der Waals surface area contributed by atoms with E-state index in [4.69, 9.17) is 9.47 Å². The molecule has 0 bridgehead atoms. The molecule has 1 spiro atoms. The second-order valence-corrected chi connectivity index (χ2v) is 6.40. The molecule has 1 aliphatic heterocycles. The van der Waals surface area contributed by atoms with E-state index in [1.54, 1.807) is 0 Å². The smallest absolute Gasteiger partial charge is 0.324 e. The zero-order valence-electron chi connectivity index (χ0n) is 13.1. The summed E-state index contributed by atoms with van der Waals surface area (Å²) in [5.41, 5.74) is -1.92. The van der Waals surface area contributed by atoms with E-state index < -0.39 is 23.0 Å². The van der Waals surface area contributed by atoms with Gasteiger partial charge in [-0.2, -0.15) is 0 Å². The molecule has 4 atom stereocenters. The molecule has 0 aromatic heterocycles. The summed E-state index contributed by atoms with van der Waals surface area (Å²) in [6, 6.07) is 0. The second kappa shape index (κ2) is 5.32. The van der Waals surface area contributed by atoms with E-state index >= 15 is 0 Å². The molecular weight excluding hydrogens is 268 g/mol. The van der Waals surface area contributed by atoms with E-state index in [0.29, 0.717) is 6.42 Å². The van der Waals surface area contributed by atoms with Gasteiger partial charge in [0.25, 0.3) is 0 Å². The molecule has 21 heavy (non-hydrogen) atoms. The van der Waals surface area contributed by atoms with Crippen LogP contribution in [0.5, 0.6) is 0 Å². The van der Waals surface area contributed by atoms with Gasteiger partial charge in [0.2, 0.25) is 0 Å². The van der Waals surface area contributed by atoms with Crippen LogP contribution < -0.4 is 0 Å². The predicted octanol–water partition coefficient (Wildman–Crippen LogP) is 2.89. The van der Waals surface area contributed by atoms with Crippen LogP contribution in [0.25, 0.3) is 0 Å². The van der Waals surface area contributed by atoms with E-state index in [0.717, 1.165) is 12.8 Å². The van der Waals surface area contributed by atoms with Crippen LogP contribution in [0.3, 0.4) is 0 Å². The van der Waals surface area contributed by atoms with Crippen LogP contribution in [0.15, 0.2) is 25.3 Å². The molecule has 2 fully saturated rings. The molecule has 1 heterocycles. The number of rotatable bonds is 4. The van der Waals surface area contributed by atoms with Crippen LogP contribution in [0.2, 0.25) is 0 Å². The molecule has 116 valence electrons. The van der Waals surface area contributed by atoms with Crippen molar-refractivity contribution < 1.29 is 19.1 Å². The fourth-order valence-electron chi connectivity index (χ4n) is 3.99. The number of carbonyl (C=O) groups is 2. The molecule has 0 radical (unpaired) electrons. The highest BCUT2D eigenvalue weighted by Gasteiger charge is 2.68. The van der Waals surface area contributed by atoms with Crippen molar-refractivity contribution in [1.29, 1.82) is 0 Å². The maximum Gasteiger partial charge on any atom is 0.324 e. The zero-order valence-corrected chi connectivity index (χ0v) is 13.1. The molecule has 0 amide bonds. The topological polar surface area (TPSA) is 52.6 Å². The highest BCUT2D eigenvalue weighted by Crippen LogP contribution is 2.58. The molecule has 0 N–H and O–H groups in total. The van der Waals surface area contributed by atoms with E-state index in [1.165, 1.54) is 7.11 Å². The van der Waals surface area contributed by atoms with Crippen molar-refractivity contribution in [3.63, 3.8) is 0 Å². The van der Waals surface area contributed by atoms with Crippen LogP contribution in [0, 0.1) is 23.2 Å². The monoisotopic (exact) mass is 292 g/mol. The second-order valence-electron chi connectivity index (χ2n) is 6.40. The Bertz CT molecular complexity index is 463. The lowest BCUT2D eigenvalue weighted by Gasteiger charge is -2.34. The van der Waals surface area contributed by atoms with Gasteiger partial charge in [-0.3, -0.25) is 9.59 Å². The fraction of sp³-hybridized carbons (Fsp3) is 0.647. The number of hydrogen-bond donors (Lipinski definition) is 0. The minimum Gasteiger partial charge on any atom is -0.468 e. The standard InChI is InChI=1S/C17H24O4/c1-6-12-8-9-13(7-2)17(12)10-16(11(3)4,14(18)20-5)15(19)21-17/h6-7,11-13H,1-2,8-10H2,3-5H3/t12-,13+,16-,17?/m1/s1. The summed E-state index contributed by atoms with van der Waals surface area (Å²) >= 11 is 0. The van der Waals surface area contributed by atoms with Gasteiger partial charge in [-0.05, 0) is 18.8 Å². The minimum atomic E-state index is -1.22. The average Bonchev–Trinajstić information content (AvgIpc) is 2.96. The number of methoxy groups -OCH3 is 1. The van der Waals surface area contributed by atoms with Crippen LogP contribution in [0.4, 0.5) is 0 Å². The van der Waals surface area contributed by atoms with Crippen LogP contribution in [-0.4, -0.2) is 24.6 Å². The Labute approximate surface area is 126 Å². The maximum absolute atomic E-state index is 12.6. The predicted molar refractivity (Wildman–Crippen MR) is 79.3 cm³/mol. The number of carbonyl (C=O) groups excluding carboxylic acids is 2. The van der Waals surface area contributed by atoms with E-state index in [9.17, 15) is 9.59 Å². The first-order valence-electron chi connectivity index (χ1n) is 7.46. The van der Waals surface area contributed by atoms with E-state index in [1.807, 2.05) is 26.0 Å². The van der Waals surface area contributed by atoms with Crippen molar-refractivity contribution in [2.45, 2.75) is 38.7 Å². The van der Waals surface area contributed by atoms with Crippen molar-refractivity contribution in [3.8, 4) is 0 Å². The number of esters is 2. The molecule has 4 heteroatoms. The molecule has 2 aliphatic rings. The molecule has 1 saturated heterocycles. The Morgan fingerprint density at radius 2 is 1.86 bits per heavy atom. The maximum atomic E-state index is 12.6. The number of ether oxygens (including phenoxy) is 2. The lowest BCUT2D eigenvalue weighted by Crippen LogP contribution is -2.43. The third kappa shape index (κ3) is 1.95. The Morgan fingerprint density at radius 3 is 2.24 bits per heavy atom.